The van der Waals surface area contributed by atoms with Gasteiger partial charge in [-0.25, -0.2) is 4.79 Å². The molecule has 0 fully saturated rings. The monoisotopic (exact) mass is 283 g/mol. The van der Waals surface area contributed by atoms with Crippen LogP contribution in [0.4, 0.5) is 0 Å². The molecule has 0 bridgehead atoms. The van der Waals surface area contributed by atoms with Crippen LogP contribution in [0.15, 0.2) is 46.1 Å². The van der Waals surface area contributed by atoms with E-state index in [4.69, 9.17) is 0 Å². The Bertz CT molecular complexity index is 931. The molecule has 0 aliphatic rings. The maximum Gasteiger partial charge on any atom is 0.328 e. The third-order valence-electron chi connectivity index (χ3n) is 3.26. The van der Waals surface area contributed by atoms with Gasteiger partial charge in [0.25, 0.3) is 5.56 Å². The molecule has 2 heterocycles. The van der Waals surface area contributed by atoms with Gasteiger partial charge in [-0.2, -0.15) is 0 Å². The molecule has 0 unspecified atom stereocenters. The zero-order valence-electron chi connectivity index (χ0n) is 11.0. The van der Waals surface area contributed by atoms with E-state index in [1.54, 1.807) is 6.08 Å². The lowest BCUT2D eigenvalue weighted by Gasteiger charge is -1.97. The highest BCUT2D eigenvalue weighted by Crippen LogP contribution is 2.18. The molecular weight excluding hydrogens is 270 g/mol. The summed E-state index contributed by atoms with van der Waals surface area (Å²) in [5.74, 6) is -0.432. The highest BCUT2D eigenvalue weighted by atomic mass is 16.3. The van der Waals surface area contributed by atoms with Crippen molar-refractivity contribution < 1.29 is 5.11 Å². The molecule has 0 radical (unpaired) electrons. The van der Waals surface area contributed by atoms with Crippen LogP contribution < -0.4 is 11.2 Å². The van der Waals surface area contributed by atoms with E-state index in [-0.39, 0.29) is 5.56 Å². The summed E-state index contributed by atoms with van der Waals surface area (Å²) in [5, 5.41) is 10.7. The van der Waals surface area contributed by atoms with Crippen LogP contribution in [0.25, 0.3) is 17.0 Å². The lowest BCUT2D eigenvalue weighted by molar-refractivity contribution is 0.447. The number of hydrogen-bond acceptors (Lipinski definition) is 3. The van der Waals surface area contributed by atoms with Crippen molar-refractivity contribution in [3.05, 3.63) is 68.5 Å². The zero-order chi connectivity index (χ0) is 14.8. The minimum Gasteiger partial charge on any atom is -0.494 e. The minimum atomic E-state index is -0.730. The number of rotatable bonds is 3. The summed E-state index contributed by atoms with van der Waals surface area (Å²) in [6.07, 6.45) is 5.76. The molecule has 3 rings (SSSR count). The fourth-order valence-corrected chi connectivity index (χ4v) is 2.24. The van der Waals surface area contributed by atoms with E-state index in [0.29, 0.717) is 6.42 Å². The van der Waals surface area contributed by atoms with Gasteiger partial charge in [0.1, 0.15) is 0 Å². The molecule has 0 atom stereocenters. The standard InChI is InChI=1S/C15H13N3O3/c19-13-11(14(20)18-15(21)17-13)6-3-4-9-8-16-12-7-2-1-5-10(9)12/h1-3,5-8,16H,4H2,(H3,17,18,19,20,21)/b6-3+. The Balaban J connectivity index is 1.88. The molecule has 0 spiro atoms. The molecule has 106 valence electrons. The number of para-hydroxylation sites is 1. The average molecular weight is 283 g/mol. The van der Waals surface area contributed by atoms with E-state index >= 15 is 0 Å². The van der Waals surface area contributed by atoms with E-state index in [9.17, 15) is 14.7 Å². The van der Waals surface area contributed by atoms with E-state index in [1.165, 1.54) is 6.08 Å². The highest BCUT2D eigenvalue weighted by molar-refractivity contribution is 5.83. The second-order valence-electron chi connectivity index (χ2n) is 4.64. The van der Waals surface area contributed by atoms with Crippen molar-refractivity contribution in [1.82, 2.24) is 15.0 Å². The number of nitrogens with one attached hydrogen (secondary N) is 3. The Morgan fingerprint density at radius 1 is 1.14 bits per heavy atom. The number of aromatic amines is 3. The molecular formula is C15H13N3O3. The lowest BCUT2D eigenvalue weighted by atomic mass is 10.1. The molecule has 0 aliphatic heterocycles. The Morgan fingerprint density at radius 2 is 1.95 bits per heavy atom. The first kappa shape index (κ1) is 13.0. The summed E-state index contributed by atoms with van der Waals surface area (Å²) in [5.41, 5.74) is 0.819. The molecule has 3 aromatic rings. The van der Waals surface area contributed by atoms with Gasteiger partial charge in [-0.3, -0.25) is 14.8 Å². The number of aromatic hydroxyl groups is 1. The molecule has 6 nitrogen and oxygen atoms in total. The molecule has 6 heteroatoms. The van der Waals surface area contributed by atoms with Crippen LogP contribution >= 0.6 is 0 Å². The largest absolute Gasteiger partial charge is 0.494 e. The summed E-state index contributed by atoms with van der Waals surface area (Å²) in [6.45, 7) is 0. The van der Waals surface area contributed by atoms with Gasteiger partial charge < -0.3 is 10.1 Å². The van der Waals surface area contributed by atoms with Gasteiger partial charge >= 0.3 is 5.69 Å². The SMILES string of the molecule is O=c1[nH]c(O)c(/C=C/Cc2c[nH]c3ccccc23)c(=O)[nH]1. The smallest absolute Gasteiger partial charge is 0.328 e. The average Bonchev–Trinajstić information content (AvgIpc) is 2.85. The Morgan fingerprint density at radius 3 is 2.76 bits per heavy atom. The first-order valence-corrected chi connectivity index (χ1v) is 6.42. The third kappa shape index (κ3) is 2.51. The van der Waals surface area contributed by atoms with Crippen molar-refractivity contribution in [2.75, 3.05) is 0 Å². The molecule has 2 aromatic heterocycles. The quantitative estimate of drug-likeness (QED) is 0.586. The molecule has 0 saturated heterocycles. The third-order valence-corrected chi connectivity index (χ3v) is 3.26. The summed E-state index contributed by atoms with van der Waals surface area (Å²) in [6, 6.07) is 7.92. The molecule has 0 saturated carbocycles. The van der Waals surface area contributed by atoms with Crippen LogP contribution in [0.3, 0.4) is 0 Å². The van der Waals surface area contributed by atoms with E-state index < -0.39 is 17.1 Å². The van der Waals surface area contributed by atoms with Crippen LogP contribution in [0.1, 0.15) is 11.1 Å². The van der Waals surface area contributed by atoms with Gasteiger partial charge in [0, 0.05) is 17.1 Å². The zero-order valence-corrected chi connectivity index (χ0v) is 11.0. The van der Waals surface area contributed by atoms with Crippen LogP contribution in [0.2, 0.25) is 0 Å². The van der Waals surface area contributed by atoms with Crippen molar-refractivity contribution >= 4 is 17.0 Å². The van der Waals surface area contributed by atoms with Gasteiger partial charge in [-0.05, 0) is 24.1 Å². The predicted octanol–water partition coefficient (Wildman–Crippen LogP) is 1.51. The second-order valence-corrected chi connectivity index (χ2v) is 4.64. The number of fused-ring (bicyclic) bond motifs is 1. The van der Waals surface area contributed by atoms with E-state index in [1.807, 2.05) is 30.5 Å². The van der Waals surface area contributed by atoms with Crippen LogP contribution in [-0.4, -0.2) is 20.1 Å². The molecule has 4 N–H and O–H groups in total. The Hall–Kier alpha value is -3.02. The summed E-state index contributed by atoms with van der Waals surface area (Å²) >= 11 is 0. The van der Waals surface area contributed by atoms with Crippen LogP contribution in [0.5, 0.6) is 5.88 Å². The predicted molar refractivity (Wildman–Crippen MR) is 80.4 cm³/mol. The van der Waals surface area contributed by atoms with Crippen molar-refractivity contribution in [3.63, 3.8) is 0 Å². The van der Waals surface area contributed by atoms with Gasteiger partial charge in [-0.15, -0.1) is 0 Å². The highest BCUT2D eigenvalue weighted by Gasteiger charge is 2.05. The van der Waals surface area contributed by atoms with Crippen molar-refractivity contribution in [1.29, 1.82) is 0 Å². The Labute approximate surface area is 118 Å². The first-order valence-electron chi connectivity index (χ1n) is 6.42. The van der Waals surface area contributed by atoms with Crippen molar-refractivity contribution in [2.45, 2.75) is 6.42 Å². The summed E-state index contributed by atoms with van der Waals surface area (Å²) < 4.78 is 0. The maximum atomic E-state index is 11.6. The molecule has 0 amide bonds. The van der Waals surface area contributed by atoms with E-state index in [2.05, 4.69) is 15.0 Å². The number of allylic oxidation sites excluding steroid dienone is 1. The van der Waals surface area contributed by atoms with Crippen molar-refractivity contribution in [2.24, 2.45) is 0 Å². The number of benzene rings is 1. The second kappa shape index (κ2) is 5.16. The van der Waals surface area contributed by atoms with E-state index in [0.717, 1.165) is 16.5 Å². The lowest BCUT2D eigenvalue weighted by Crippen LogP contribution is -2.23. The van der Waals surface area contributed by atoms with Gasteiger partial charge in [-0.1, -0.05) is 24.3 Å². The Kier molecular flexibility index (Phi) is 3.19. The molecule has 0 aliphatic carbocycles. The topological polar surface area (TPSA) is 102 Å². The first-order chi connectivity index (χ1) is 10.1. The van der Waals surface area contributed by atoms with Crippen LogP contribution in [-0.2, 0) is 6.42 Å². The molecule has 1 aromatic carbocycles. The minimum absolute atomic E-state index is 0.0365. The number of H-pyrrole nitrogens is 3. The fraction of sp³-hybridized carbons (Fsp3) is 0.0667. The van der Waals surface area contributed by atoms with Crippen molar-refractivity contribution in [3.8, 4) is 5.88 Å². The fourth-order valence-electron chi connectivity index (χ4n) is 2.24. The van der Waals surface area contributed by atoms with Gasteiger partial charge in [0.05, 0.1) is 5.56 Å². The molecule has 21 heavy (non-hydrogen) atoms. The number of aromatic nitrogens is 3. The normalized spacial score (nSPS) is 11.4. The maximum absolute atomic E-state index is 11.6. The van der Waals surface area contributed by atoms with Crippen LogP contribution in [0, 0.1) is 0 Å². The summed E-state index contributed by atoms with van der Waals surface area (Å²) in [7, 11) is 0. The van der Waals surface area contributed by atoms with Gasteiger partial charge in [0.15, 0.2) is 0 Å². The van der Waals surface area contributed by atoms with Gasteiger partial charge in [0.2, 0.25) is 5.88 Å². The number of hydrogen-bond donors (Lipinski definition) is 4. The summed E-state index contributed by atoms with van der Waals surface area (Å²) in [4.78, 5) is 29.9.